The lowest BCUT2D eigenvalue weighted by Crippen LogP contribution is -2.45. The Bertz CT molecular complexity index is 1140. The predicted molar refractivity (Wildman–Crippen MR) is 126 cm³/mol. The fourth-order valence-electron chi connectivity index (χ4n) is 3.40. The number of amides is 1. The van der Waals surface area contributed by atoms with Crippen LogP contribution in [0.5, 0.6) is 5.75 Å². The van der Waals surface area contributed by atoms with Gasteiger partial charge in [0.2, 0.25) is 15.9 Å². The summed E-state index contributed by atoms with van der Waals surface area (Å²) in [4.78, 5) is 13.3. The van der Waals surface area contributed by atoms with Crippen LogP contribution in [0.1, 0.15) is 23.6 Å². The van der Waals surface area contributed by atoms with Crippen LogP contribution in [0.15, 0.2) is 77.7 Å². The van der Waals surface area contributed by atoms with E-state index in [1.165, 1.54) is 12.1 Å². The summed E-state index contributed by atoms with van der Waals surface area (Å²) in [6.07, 6.45) is 0.216. The summed E-state index contributed by atoms with van der Waals surface area (Å²) >= 11 is 0. The van der Waals surface area contributed by atoms with Gasteiger partial charge in [0.1, 0.15) is 11.8 Å². The molecule has 0 saturated carbocycles. The molecular weight excluding hydrogens is 424 g/mol. The maximum Gasteiger partial charge on any atom is 0.242 e. The second kappa shape index (κ2) is 10.4. The van der Waals surface area contributed by atoms with Crippen LogP contribution in [0.3, 0.4) is 0 Å². The molecule has 0 aliphatic heterocycles. The van der Waals surface area contributed by atoms with Gasteiger partial charge in [-0.25, -0.2) is 8.42 Å². The molecule has 3 aromatic carbocycles. The fourth-order valence-corrected chi connectivity index (χ4v) is 4.59. The number of hydrogen-bond acceptors (Lipinski definition) is 4. The van der Waals surface area contributed by atoms with Crippen molar-refractivity contribution in [3.63, 3.8) is 0 Å². The van der Waals surface area contributed by atoms with E-state index in [1.807, 2.05) is 69.3 Å². The number of hydrogen-bond donors (Lipinski definition) is 2. The third kappa shape index (κ3) is 5.96. The predicted octanol–water partition coefficient (Wildman–Crippen LogP) is 4.23. The first-order valence-electron chi connectivity index (χ1n) is 10.5. The second-order valence-electron chi connectivity index (χ2n) is 7.52. The molecule has 6 nitrogen and oxygen atoms in total. The van der Waals surface area contributed by atoms with Gasteiger partial charge >= 0.3 is 0 Å². The van der Waals surface area contributed by atoms with Crippen LogP contribution in [0.4, 0.5) is 5.69 Å². The highest BCUT2D eigenvalue weighted by atomic mass is 32.2. The molecule has 0 bridgehead atoms. The Hall–Kier alpha value is -3.16. The van der Waals surface area contributed by atoms with Crippen LogP contribution in [0, 0.1) is 13.8 Å². The van der Waals surface area contributed by atoms with E-state index in [0.29, 0.717) is 18.0 Å². The zero-order valence-corrected chi connectivity index (χ0v) is 19.3. The Labute approximate surface area is 189 Å². The highest BCUT2D eigenvalue weighted by Gasteiger charge is 2.27. The van der Waals surface area contributed by atoms with Crippen LogP contribution in [0.2, 0.25) is 0 Å². The monoisotopic (exact) mass is 452 g/mol. The highest BCUT2D eigenvalue weighted by molar-refractivity contribution is 7.89. The Morgan fingerprint density at radius 3 is 2.12 bits per heavy atom. The van der Waals surface area contributed by atoms with E-state index in [2.05, 4.69) is 10.0 Å². The zero-order valence-electron chi connectivity index (χ0n) is 18.5. The summed E-state index contributed by atoms with van der Waals surface area (Å²) in [5.74, 6) is 0.167. The number of sulfonamides is 1. The van der Waals surface area contributed by atoms with E-state index in [-0.39, 0.29) is 11.3 Å². The molecule has 3 rings (SSSR count). The SMILES string of the molecule is CCOc1ccc(S(=O)(=O)NC(Cc2ccccc2)C(=O)Nc2c(C)cccc2C)cc1. The summed E-state index contributed by atoms with van der Waals surface area (Å²) in [5.41, 5.74) is 3.36. The summed E-state index contributed by atoms with van der Waals surface area (Å²) in [6.45, 7) is 6.15. The number of ether oxygens (including phenoxy) is 1. The first kappa shape index (κ1) is 23.5. The van der Waals surface area contributed by atoms with Crippen molar-refractivity contribution in [2.75, 3.05) is 11.9 Å². The fraction of sp³-hybridized carbons (Fsp3) is 0.240. The summed E-state index contributed by atoms with van der Waals surface area (Å²) in [5, 5.41) is 2.91. The van der Waals surface area contributed by atoms with E-state index >= 15 is 0 Å². The van der Waals surface area contributed by atoms with Gasteiger partial charge in [0.15, 0.2) is 0 Å². The molecule has 1 unspecified atom stereocenters. The molecule has 1 atom stereocenters. The Kier molecular flexibility index (Phi) is 7.66. The van der Waals surface area contributed by atoms with Gasteiger partial charge in [-0.2, -0.15) is 4.72 Å². The van der Waals surface area contributed by atoms with Crippen molar-refractivity contribution < 1.29 is 17.9 Å². The third-order valence-corrected chi connectivity index (χ3v) is 6.56. The van der Waals surface area contributed by atoms with Gasteiger partial charge in [-0.3, -0.25) is 4.79 Å². The number of benzene rings is 3. The topological polar surface area (TPSA) is 84.5 Å². The van der Waals surface area contributed by atoms with Crippen molar-refractivity contribution in [3.8, 4) is 5.75 Å². The van der Waals surface area contributed by atoms with Gasteiger partial charge in [-0.1, -0.05) is 48.5 Å². The van der Waals surface area contributed by atoms with Gasteiger partial charge in [0.25, 0.3) is 0 Å². The molecule has 0 heterocycles. The highest BCUT2D eigenvalue weighted by Crippen LogP contribution is 2.21. The average Bonchev–Trinajstić information content (AvgIpc) is 2.77. The smallest absolute Gasteiger partial charge is 0.242 e. The maximum atomic E-state index is 13.2. The van der Waals surface area contributed by atoms with Crippen LogP contribution < -0.4 is 14.8 Å². The molecule has 7 heteroatoms. The van der Waals surface area contributed by atoms with Crippen molar-refractivity contribution in [3.05, 3.63) is 89.5 Å². The van der Waals surface area contributed by atoms with Crippen molar-refractivity contribution in [1.82, 2.24) is 4.72 Å². The molecule has 3 aromatic rings. The van der Waals surface area contributed by atoms with Crippen LogP contribution in [-0.4, -0.2) is 27.0 Å². The molecule has 0 spiro atoms. The molecule has 32 heavy (non-hydrogen) atoms. The van der Waals surface area contributed by atoms with E-state index in [0.717, 1.165) is 16.7 Å². The Balaban J connectivity index is 1.87. The number of rotatable bonds is 9. The van der Waals surface area contributed by atoms with Crippen LogP contribution in [0.25, 0.3) is 0 Å². The van der Waals surface area contributed by atoms with Crippen LogP contribution in [-0.2, 0) is 21.2 Å². The van der Waals surface area contributed by atoms with Crippen molar-refractivity contribution in [2.24, 2.45) is 0 Å². The zero-order chi connectivity index (χ0) is 23.1. The second-order valence-corrected chi connectivity index (χ2v) is 9.24. The number of aryl methyl sites for hydroxylation is 2. The third-order valence-electron chi connectivity index (χ3n) is 5.07. The molecule has 1 amide bonds. The largest absolute Gasteiger partial charge is 0.494 e. The standard InChI is InChI=1S/C25H28N2O4S/c1-4-31-21-13-15-22(16-14-21)32(29,30)27-23(17-20-11-6-5-7-12-20)25(28)26-24-18(2)9-8-10-19(24)3/h5-16,23,27H,4,17H2,1-3H3,(H,26,28). The van der Waals surface area contributed by atoms with E-state index in [1.54, 1.807) is 12.1 Å². The van der Waals surface area contributed by atoms with Gasteiger partial charge < -0.3 is 10.1 Å². The molecular formula is C25H28N2O4S. The van der Waals surface area contributed by atoms with Gasteiger partial charge in [-0.05, 0) is 68.1 Å². The number of nitrogens with one attached hydrogen (secondary N) is 2. The lowest BCUT2D eigenvalue weighted by Gasteiger charge is -2.20. The molecule has 168 valence electrons. The number of carbonyl (C=O) groups is 1. The molecule has 0 aromatic heterocycles. The Morgan fingerprint density at radius 2 is 1.53 bits per heavy atom. The van der Waals surface area contributed by atoms with E-state index < -0.39 is 22.0 Å². The lowest BCUT2D eigenvalue weighted by molar-refractivity contribution is -0.117. The van der Waals surface area contributed by atoms with E-state index in [4.69, 9.17) is 4.74 Å². The molecule has 0 radical (unpaired) electrons. The normalized spacial score (nSPS) is 12.2. The average molecular weight is 453 g/mol. The minimum atomic E-state index is -3.94. The van der Waals surface area contributed by atoms with Crippen LogP contribution >= 0.6 is 0 Å². The quantitative estimate of drug-likeness (QED) is 0.509. The van der Waals surface area contributed by atoms with Gasteiger partial charge in [0, 0.05) is 5.69 Å². The summed E-state index contributed by atoms with van der Waals surface area (Å²) in [6, 6.07) is 20.2. The first-order valence-corrected chi connectivity index (χ1v) is 11.9. The van der Waals surface area contributed by atoms with Gasteiger partial charge in [0.05, 0.1) is 11.5 Å². The maximum absolute atomic E-state index is 13.2. The molecule has 0 aliphatic rings. The molecule has 0 fully saturated rings. The number of para-hydroxylation sites is 1. The minimum Gasteiger partial charge on any atom is -0.494 e. The van der Waals surface area contributed by atoms with Gasteiger partial charge in [-0.15, -0.1) is 0 Å². The minimum absolute atomic E-state index is 0.0684. The van der Waals surface area contributed by atoms with Crippen molar-refractivity contribution in [1.29, 1.82) is 0 Å². The Morgan fingerprint density at radius 1 is 0.906 bits per heavy atom. The van der Waals surface area contributed by atoms with Crippen molar-refractivity contribution in [2.45, 2.75) is 38.1 Å². The lowest BCUT2D eigenvalue weighted by atomic mass is 10.0. The number of carbonyl (C=O) groups excluding carboxylic acids is 1. The summed E-state index contributed by atoms with van der Waals surface area (Å²) in [7, 11) is -3.94. The number of anilines is 1. The molecule has 0 saturated heterocycles. The van der Waals surface area contributed by atoms with E-state index in [9.17, 15) is 13.2 Å². The summed E-state index contributed by atoms with van der Waals surface area (Å²) < 4.78 is 34.1. The van der Waals surface area contributed by atoms with Crippen molar-refractivity contribution >= 4 is 21.6 Å². The first-order chi connectivity index (χ1) is 15.3. The molecule has 2 N–H and O–H groups in total. The molecule has 0 aliphatic carbocycles.